The number of nitrogens with zero attached hydrogens (tertiary/aromatic N) is 1. The van der Waals surface area contributed by atoms with Crippen molar-refractivity contribution < 1.29 is 0 Å². The molecule has 0 spiro atoms. The summed E-state index contributed by atoms with van der Waals surface area (Å²) in [6.45, 7) is 9.37. The normalized spacial score (nSPS) is 26.2. The lowest BCUT2D eigenvalue weighted by Gasteiger charge is -2.32. The first-order valence-corrected chi connectivity index (χ1v) is 7.22. The number of nitrogens with two attached hydrogens (primary N) is 1. The van der Waals surface area contributed by atoms with E-state index in [-0.39, 0.29) is 0 Å². The molecule has 0 aromatic heterocycles. The van der Waals surface area contributed by atoms with Crippen LogP contribution in [-0.2, 0) is 0 Å². The van der Waals surface area contributed by atoms with Crippen LogP contribution < -0.4 is 5.73 Å². The van der Waals surface area contributed by atoms with Gasteiger partial charge in [0.25, 0.3) is 0 Å². The molecule has 0 heterocycles. The van der Waals surface area contributed by atoms with Gasteiger partial charge in [-0.25, -0.2) is 0 Å². The van der Waals surface area contributed by atoms with E-state index in [9.17, 15) is 0 Å². The molecule has 2 nitrogen and oxygen atoms in total. The van der Waals surface area contributed by atoms with Crippen LogP contribution in [-0.4, -0.2) is 31.1 Å². The van der Waals surface area contributed by atoms with Crippen LogP contribution in [0.25, 0.3) is 0 Å². The maximum Gasteiger partial charge on any atom is 0.000965 e. The van der Waals surface area contributed by atoms with Gasteiger partial charge in [0.05, 0.1) is 0 Å². The first kappa shape index (κ1) is 14.0. The summed E-state index contributed by atoms with van der Waals surface area (Å²) in [7, 11) is 0. The summed E-state index contributed by atoms with van der Waals surface area (Å²) in [4.78, 5) is 2.66. The highest BCUT2D eigenvalue weighted by molar-refractivity contribution is 4.75. The average molecular weight is 226 g/mol. The SMILES string of the molecule is CCCN(CCC)CC1CCC(CN)CC1. The minimum atomic E-state index is 0.821. The maximum atomic E-state index is 5.73. The van der Waals surface area contributed by atoms with Crippen molar-refractivity contribution in [3.05, 3.63) is 0 Å². The van der Waals surface area contributed by atoms with Gasteiger partial charge in [0.15, 0.2) is 0 Å². The molecule has 96 valence electrons. The molecule has 1 aliphatic rings. The van der Waals surface area contributed by atoms with E-state index >= 15 is 0 Å². The van der Waals surface area contributed by atoms with Gasteiger partial charge in [-0.2, -0.15) is 0 Å². The Morgan fingerprint density at radius 1 is 0.938 bits per heavy atom. The fraction of sp³-hybridized carbons (Fsp3) is 1.00. The van der Waals surface area contributed by atoms with Gasteiger partial charge in [0.2, 0.25) is 0 Å². The molecule has 0 aliphatic heterocycles. The van der Waals surface area contributed by atoms with Gasteiger partial charge >= 0.3 is 0 Å². The second kappa shape index (κ2) is 8.08. The molecular formula is C14H30N2. The Kier molecular flexibility index (Phi) is 7.06. The van der Waals surface area contributed by atoms with Crippen LogP contribution in [0.5, 0.6) is 0 Å². The van der Waals surface area contributed by atoms with Crippen LogP contribution >= 0.6 is 0 Å². The fourth-order valence-electron chi connectivity index (χ4n) is 2.94. The molecule has 0 radical (unpaired) electrons. The minimum absolute atomic E-state index is 0.821. The molecule has 2 N–H and O–H groups in total. The quantitative estimate of drug-likeness (QED) is 0.723. The lowest BCUT2D eigenvalue weighted by atomic mass is 9.82. The van der Waals surface area contributed by atoms with Crippen molar-refractivity contribution in [2.75, 3.05) is 26.2 Å². The van der Waals surface area contributed by atoms with Crippen LogP contribution in [0.15, 0.2) is 0 Å². The van der Waals surface area contributed by atoms with Crippen LogP contribution in [0.1, 0.15) is 52.4 Å². The third-order valence-corrected chi connectivity index (χ3v) is 3.90. The molecule has 0 atom stereocenters. The third-order valence-electron chi connectivity index (χ3n) is 3.90. The molecule has 0 amide bonds. The van der Waals surface area contributed by atoms with Crippen molar-refractivity contribution in [1.82, 2.24) is 4.90 Å². The maximum absolute atomic E-state index is 5.73. The summed E-state index contributed by atoms with van der Waals surface area (Å²) in [5, 5.41) is 0. The van der Waals surface area contributed by atoms with Gasteiger partial charge in [0, 0.05) is 6.54 Å². The first-order valence-electron chi connectivity index (χ1n) is 7.22. The number of hydrogen-bond donors (Lipinski definition) is 1. The zero-order valence-electron chi connectivity index (χ0n) is 11.3. The molecule has 0 unspecified atom stereocenters. The first-order chi connectivity index (χ1) is 7.80. The summed E-state index contributed by atoms with van der Waals surface area (Å²) in [6, 6.07) is 0. The standard InChI is InChI=1S/C14H30N2/c1-3-9-16(10-4-2)12-14-7-5-13(11-15)6-8-14/h13-14H,3-12,15H2,1-2H3. The largest absolute Gasteiger partial charge is 0.330 e. The second-order valence-electron chi connectivity index (χ2n) is 5.42. The average Bonchev–Trinajstić information content (AvgIpc) is 2.31. The topological polar surface area (TPSA) is 29.3 Å². The van der Waals surface area contributed by atoms with Gasteiger partial charge in [-0.15, -0.1) is 0 Å². The van der Waals surface area contributed by atoms with Crippen molar-refractivity contribution in [1.29, 1.82) is 0 Å². The second-order valence-corrected chi connectivity index (χ2v) is 5.42. The zero-order valence-corrected chi connectivity index (χ0v) is 11.3. The monoisotopic (exact) mass is 226 g/mol. The van der Waals surface area contributed by atoms with Gasteiger partial charge < -0.3 is 10.6 Å². The predicted molar refractivity (Wildman–Crippen MR) is 71.5 cm³/mol. The number of rotatable bonds is 7. The molecule has 0 bridgehead atoms. The van der Waals surface area contributed by atoms with Crippen molar-refractivity contribution in [2.45, 2.75) is 52.4 Å². The molecule has 0 aromatic carbocycles. The van der Waals surface area contributed by atoms with Gasteiger partial charge in [0.1, 0.15) is 0 Å². The smallest absolute Gasteiger partial charge is 0.000965 e. The van der Waals surface area contributed by atoms with E-state index in [2.05, 4.69) is 18.7 Å². The van der Waals surface area contributed by atoms with Gasteiger partial charge in [-0.1, -0.05) is 13.8 Å². The van der Waals surface area contributed by atoms with Gasteiger partial charge in [-0.3, -0.25) is 0 Å². The molecule has 2 heteroatoms. The van der Waals surface area contributed by atoms with Crippen molar-refractivity contribution in [2.24, 2.45) is 17.6 Å². The predicted octanol–water partition coefficient (Wildman–Crippen LogP) is 2.87. The van der Waals surface area contributed by atoms with Crippen LogP contribution in [0.2, 0.25) is 0 Å². The van der Waals surface area contributed by atoms with Crippen LogP contribution in [0.3, 0.4) is 0 Å². The summed E-state index contributed by atoms with van der Waals surface area (Å²) < 4.78 is 0. The molecule has 1 aliphatic carbocycles. The summed E-state index contributed by atoms with van der Waals surface area (Å²) >= 11 is 0. The summed E-state index contributed by atoms with van der Waals surface area (Å²) in [5.74, 6) is 1.77. The Labute approximate surface area is 102 Å². The molecule has 1 rings (SSSR count). The van der Waals surface area contributed by atoms with E-state index in [1.807, 2.05) is 0 Å². The van der Waals surface area contributed by atoms with Crippen molar-refractivity contribution in [3.63, 3.8) is 0 Å². The van der Waals surface area contributed by atoms with E-state index in [4.69, 9.17) is 5.73 Å². The Bertz CT molecular complexity index is 156. The Balaban J connectivity index is 2.24. The third kappa shape index (κ3) is 4.84. The van der Waals surface area contributed by atoms with Crippen molar-refractivity contribution >= 4 is 0 Å². The lowest BCUT2D eigenvalue weighted by Crippen LogP contribution is -2.33. The number of hydrogen-bond acceptors (Lipinski definition) is 2. The highest BCUT2D eigenvalue weighted by atomic mass is 15.1. The molecule has 1 saturated carbocycles. The Morgan fingerprint density at radius 3 is 1.88 bits per heavy atom. The van der Waals surface area contributed by atoms with Crippen LogP contribution in [0, 0.1) is 11.8 Å². The molecule has 0 aromatic rings. The molecular weight excluding hydrogens is 196 g/mol. The molecule has 16 heavy (non-hydrogen) atoms. The Hall–Kier alpha value is -0.0800. The van der Waals surface area contributed by atoms with Crippen LogP contribution in [0.4, 0.5) is 0 Å². The fourth-order valence-corrected chi connectivity index (χ4v) is 2.94. The Morgan fingerprint density at radius 2 is 1.44 bits per heavy atom. The summed E-state index contributed by atoms with van der Waals surface area (Å²) in [6.07, 6.45) is 8.13. The van der Waals surface area contributed by atoms with E-state index in [1.165, 1.54) is 58.2 Å². The molecule has 1 fully saturated rings. The van der Waals surface area contributed by atoms with Crippen molar-refractivity contribution in [3.8, 4) is 0 Å². The van der Waals surface area contributed by atoms with E-state index in [0.29, 0.717) is 0 Å². The lowest BCUT2D eigenvalue weighted by molar-refractivity contribution is 0.182. The van der Waals surface area contributed by atoms with E-state index in [1.54, 1.807) is 0 Å². The zero-order chi connectivity index (χ0) is 11.8. The summed E-state index contributed by atoms with van der Waals surface area (Å²) in [5.41, 5.74) is 5.73. The highest BCUT2D eigenvalue weighted by Gasteiger charge is 2.21. The van der Waals surface area contributed by atoms with E-state index in [0.717, 1.165) is 18.4 Å². The van der Waals surface area contributed by atoms with Gasteiger partial charge in [-0.05, 0) is 70.0 Å². The highest BCUT2D eigenvalue weighted by Crippen LogP contribution is 2.28. The minimum Gasteiger partial charge on any atom is -0.330 e. The molecule has 0 saturated heterocycles. The van der Waals surface area contributed by atoms with E-state index < -0.39 is 0 Å².